The van der Waals surface area contributed by atoms with Gasteiger partial charge in [0.2, 0.25) is 5.03 Å². The van der Waals surface area contributed by atoms with Gasteiger partial charge in [-0.25, -0.2) is 0 Å². The summed E-state index contributed by atoms with van der Waals surface area (Å²) in [6, 6.07) is 0. The van der Waals surface area contributed by atoms with Crippen LogP contribution in [0.1, 0.15) is 0 Å². The van der Waals surface area contributed by atoms with Crippen molar-refractivity contribution in [2.75, 3.05) is 52.6 Å². The van der Waals surface area contributed by atoms with Gasteiger partial charge in [-0.05, 0) is 11.6 Å². The molecule has 0 aromatic heterocycles. The minimum Gasteiger partial charge on any atom is -0.378 e. The van der Waals surface area contributed by atoms with E-state index in [9.17, 15) is 20.2 Å². The molecule has 0 N–H and O–H groups in total. The summed E-state index contributed by atoms with van der Waals surface area (Å²) in [5.41, 5.74) is -0.581. The first kappa shape index (κ1) is 18.7. The van der Waals surface area contributed by atoms with Gasteiger partial charge in [-0.2, -0.15) is 0 Å². The van der Waals surface area contributed by atoms with Gasteiger partial charge in [0.1, 0.15) is 0 Å². The van der Waals surface area contributed by atoms with Crippen molar-refractivity contribution in [3.8, 4) is 0 Å². The first-order valence-electron chi connectivity index (χ1n) is 7.17. The van der Waals surface area contributed by atoms with Crippen LogP contribution in [0, 0.1) is 20.2 Å². The van der Waals surface area contributed by atoms with Crippen molar-refractivity contribution in [3.63, 3.8) is 0 Å². The molecular formula is C12H16Cl2N4O6. The fraction of sp³-hybridized carbons (Fsp3) is 0.667. The van der Waals surface area contributed by atoms with Crippen molar-refractivity contribution in [1.29, 1.82) is 0 Å². The van der Waals surface area contributed by atoms with E-state index in [2.05, 4.69) is 0 Å². The molecule has 0 atom stereocenters. The number of rotatable bonds is 5. The van der Waals surface area contributed by atoms with Crippen molar-refractivity contribution in [2.24, 2.45) is 0 Å². The van der Waals surface area contributed by atoms with Crippen LogP contribution in [0.25, 0.3) is 0 Å². The van der Waals surface area contributed by atoms with Gasteiger partial charge in [0.25, 0.3) is 0 Å². The van der Waals surface area contributed by atoms with Crippen LogP contribution in [0.3, 0.4) is 0 Å². The molecule has 2 aliphatic heterocycles. The summed E-state index contributed by atoms with van der Waals surface area (Å²) in [5, 5.41) is 20.8. The van der Waals surface area contributed by atoms with Crippen LogP contribution in [0.4, 0.5) is 0 Å². The Bertz CT molecular complexity index is 550. The Morgan fingerprint density at radius 1 is 0.833 bits per heavy atom. The fourth-order valence-corrected chi connectivity index (χ4v) is 2.80. The average Bonchev–Trinajstić information content (AvgIpc) is 2.59. The number of halogens is 2. The molecule has 2 aliphatic rings. The number of morpholine rings is 2. The van der Waals surface area contributed by atoms with Crippen molar-refractivity contribution < 1.29 is 19.3 Å². The highest BCUT2D eigenvalue weighted by Crippen LogP contribution is 2.30. The quantitative estimate of drug-likeness (QED) is 0.299. The molecule has 2 saturated heterocycles. The summed E-state index contributed by atoms with van der Waals surface area (Å²) in [5.74, 6) is 0.205. The molecule has 2 heterocycles. The van der Waals surface area contributed by atoms with Crippen molar-refractivity contribution in [3.05, 3.63) is 41.9 Å². The number of nitrogens with zero attached hydrogens (tertiary/aromatic N) is 4. The van der Waals surface area contributed by atoms with E-state index in [1.165, 1.54) is 0 Å². The first-order chi connectivity index (χ1) is 11.4. The van der Waals surface area contributed by atoms with Gasteiger partial charge < -0.3 is 19.3 Å². The van der Waals surface area contributed by atoms with Crippen LogP contribution in [-0.2, 0) is 9.47 Å². The summed E-state index contributed by atoms with van der Waals surface area (Å²) in [6.45, 7) is 3.20. The van der Waals surface area contributed by atoms with Crippen LogP contribution in [0.5, 0.6) is 0 Å². The molecule has 0 aliphatic carbocycles. The van der Waals surface area contributed by atoms with Crippen LogP contribution in [0.15, 0.2) is 21.7 Å². The van der Waals surface area contributed by atoms with Crippen molar-refractivity contribution in [2.45, 2.75) is 0 Å². The lowest BCUT2D eigenvalue weighted by atomic mass is 10.3. The minimum atomic E-state index is -0.984. The second-order valence-corrected chi connectivity index (χ2v) is 5.73. The molecule has 0 bridgehead atoms. The van der Waals surface area contributed by atoms with Gasteiger partial charge in [-0.1, -0.05) is 11.6 Å². The minimum absolute atomic E-state index is 0.205. The first-order valence-corrected chi connectivity index (χ1v) is 7.93. The van der Waals surface area contributed by atoms with E-state index in [0.717, 1.165) is 0 Å². The summed E-state index contributed by atoms with van der Waals surface area (Å²) in [6.07, 6.45) is 0. The second kappa shape index (κ2) is 8.47. The Kier molecular flexibility index (Phi) is 6.60. The molecule has 0 aromatic rings. The van der Waals surface area contributed by atoms with Crippen LogP contribution < -0.4 is 0 Å². The van der Waals surface area contributed by atoms with E-state index in [0.29, 0.717) is 52.6 Å². The number of nitro groups is 2. The zero-order chi connectivity index (χ0) is 17.7. The highest BCUT2D eigenvalue weighted by molar-refractivity contribution is 6.39. The number of allylic oxidation sites excluding steroid dienone is 1. The maximum Gasteiger partial charge on any atom is 0.363 e. The molecule has 0 saturated carbocycles. The molecule has 0 spiro atoms. The monoisotopic (exact) mass is 382 g/mol. The van der Waals surface area contributed by atoms with E-state index >= 15 is 0 Å². The van der Waals surface area contributed by atoms with E-state index in [-0.39, 0.29) is 5.82 Å². The molecule has 134 valence electrons. The van der Waals surface area contributed by atoms with Crippen LogP contribution in [0.2, 0.25) is 0 Å². The summed E-state index contributed by atoms with van der Waals surface area (Å²) < 4.78 is 10.5. The molecule has 0 aromatic carbocycles. The largest absolute Gasteiger partial charge is 0.378 e. The fourth-order valence-electron chi connectivity index (χ4n) is 2.49. The Morgan fingerprint density at radius 3 is 1.58 bits per heavy atom. The van der Waals surface area contributed by atoms with Crippen LogP contribution in [-0.4, -0.2) is 72.3 Å². The molecule has 0 unspecified atom stereocenters. The maximum atomic E-state index is 11.6. The Morgan fingerprint density at radius 2 is 1.25 bits per heavy atom. The molecular weight excluding hydrogens is 367 g/mol. The molecule has 2 rings (SSSR count). The summed E-state index contributed by atoms with van der Waals surface area (Å²) in [7, 11) is 0. The lowest BCUT2D eigenvalue weighted by Crippen LogP contribution is -2.47. The summed E-state index contributed by atoms with van der Waals surface area (Å²) >= 11 is 11.5. The predicted octanol–water partition coefficient (Wildman–Crippen LogP) is 1.02. The molecule has 12 heteroatoms. The Hall–Kier alpha value is -1.62. The Balaban J connectivity index is 2.56. The third kappa shape index (κ3) is 4.26. The lowest BCUT2D eigenvalue weighted by Gasteiger charge is -2.38. The van der Waals surface area contributed by atoms with Gasteiger partial charge in [0.15, 0.2) is 5.82 Å². The average molecular weight is 383 g/mol. The van der Waals surface area contributed by atoms with E-state index < -0.39 is 25.7 Å². The smallest absolute Gasteiger partial charge is 0.363 e. The number of hydrogen-bond acceptors (Lipinski definition) is 8. The molecule has 0 radical (unpaired) electrons. The molecule has 0 amide bonds. The van der Waals surface area contributed by atoms with Gasteiger partial charge in [-0.15, -0.1) is 0 Å². The summed E-state index contributed by atoms with van der Waals surface area (Å²) in [4.78, 5) is 24.3. The third-order valence-electron chi connectivity index (χ3n) is 3.56. The normalized spacial score (nSPS) is 19.6. The highest BCUT2D eigenvalue weighted by atomic mass is 35.5. The predicted molar refractivity (Wildman–Crippen MR) is 84.5 cm³/mol. The number of hydrogen-bond donors (Lipinski definition) is 0. The highest BCUT2D eigenvalue weighted by Gasteiger charge is 2.36. The van der Waals surface area contributed by atoms with Crippen molar-refractivity contribution >= 4 is 23.2 Å². The van der Waals surface area contributed by atoms with Gasteiger partial charge in [0, 0.05) is 26.2 Å². The third-order valence-corrected chi connectivity index (χ3v) is 4.35. The number of ether oxygens (including phenoxy) is 2. The van der Waals surface area contributed by atoms with Crippen LogP contribution >= 0.6 is 23.2 Å². The van der Waals surface area contributed by atoms with E-state index in [4.69, 9.17) is 32.7 Å². The lowest BCUT2D eigenvalue weighted by molar-refractivity contribution is -0.431. The van der Waals surface area contributed by atoms with Crippen molar-refractivity contribution in [1.82, 2.24) is 9.80 Å². The second-order valence-electron chi connectivity index (χ2n) is 4.99. The molecule has 24 heavy (non-hydrogen) atoms. The standard InChI is InChI=1S/C12H16Cl2N4O6/c13-9(11(14)18(21)22)10(17(19)20)12(15-1-5-23-6-2-15)16-3-7-24-8-4-16/h1-8H2/b11-9+. The van der Waals surface area contributed by atoms with E-state index in [1.54, 1.807) is 9.80 Å². The molecule has 10 nitrogen and oxygen atoms in total. The Labute approximate surface area is 147 Å². The van der Waals surface area contributed by atoms with Gasteiger partial charge in [-0.3, -0.25) is 20.2 Å². The topological polar surface area (TPSA) is 111 Å². The maximum absolute atomic E-state index is 11.6. The zero-order valence-electron chi connectivity index (χ0n) is 12.7. The van der Waals surface area contributed by atoms with Gasteiger partial charge >= 0.3 is 10.9 Å². The zero-order valence-corrected chi connectivity index (χ0v) is 14.2. The SMILES string of the molecule is O=[N+]([O-])C(=C(N1CCOCC1)N1CCOCC1)/C(Cl)=C(/Cl)[N+](=O)[O-]. The molecule has 2 fully saturated rings. The van der Waals surface area contributed by atoms with Gasteiger partial charge in [0.05, 0.1) is 36.3 Å². The van der Waals surface area contributed by atoms with E-state index in [1.807, 2.05) is 0 Å².